The molecule has 0 aliphatic rings. The SMILES string of the molecule is CCCCCC/C=C\CCCCCCCC(=O)[O-].CCCCCC/C=C\CCCCCCCC(=O)[O-].[Cd+2]. The van der Waals surface area contributed by atoms with Crippen LogP contribution in [0.3, 0.4) is 0 Å². The molecule has 0 unspecified atom stereocenters. The third-order valence-corrected chi connectivity index (χ3v) is 6.29. The number of hydrogen-bond acceptors (Lipinski definition) is 4. The van der Waals surface area contributed by atoms with E-state index in [1.54, 1.807) is 0 Å². The predicted molar refractivity (Wildman–Crippen MR) is 150 cm³/mol. The van der Waals surface area contributed by atoms with Crippen molar-refractivity contribution in [1.29, 1.82) is 0 Å². The topological polar surface area (TPSA) is 80.3 Å². The van der Waals surface area contributed by atoms with Gasteiger partial charge in [-0.1, -0.05) is 115 Å². The summed E-state index contributed by atoms with van der Waals surface area (Å²) < 4.78 is 0. The molecular weight excluding hydrogens is 561 g/mol. The van der Waals surface area contributed by atoms with E-state index in [0.29, 0.717) is 0 Å². The van der Waals surface area contributed by atoms with Crippen molar-refractivity contribution in [1.82, 2.24) is 0 Å². The van der Waals surface area contributed by atoms with Gasteiger partial charge in [-0.05, 0) is 77.0 Å². The zero-order valence-electron chi connectivity index (χ0n) is 24.6. The first-order chi connectivity index (χ1) is 17.5. The molecule has 5 heteroatoms. The van der Waals surface area contributed by atoms with Crippen LogP contribution >= 0.6 is 0 Å². The summed E-state index contributed by atoms with van der Waals surface area (Å²) in [5, 5.41) is 20.4. The fourth-order valence-corrected chi connectivity index (χ4v) is 3.97. The molecule has 0 saturated heterocycles. The molecule has 0 saturated carbocycles. The fourth-order valence-electron chi connectivity index (χ4n) is 3.97. The number of carboxylic acid groups (broad SMARTS) is 2. The molecule has 0 spiro atoms. The number of carboxylic acids is 2. The van der Waals surface area contributed by atoms with E-state index in [1.807, 2.05) is 0 Å². The van der Waals surface area contributed by atoms with E-state index in [4.69, 9.17) is 0 Å². The van der Waals surface area contributed by atoms with Gasteiger partial charge in [-0.3, -0.25) is 0 Å². The maximum atomic E-state index is 10.2. The van der Waals surface area contributed by atoms with Gasteiger partial charge in [0.2, 0.25) is 0 Å². The summed E-state index contributed by atoms with van der Waals surface area (Å²) in [6.45, 7) is 4.48. The van der Waals surface area contributed by atoms with Gasteiger partial charge in [0.15, 0.2) is 0 Å². The van der Waals surface area contributed by atoms with Gasteiger partial charge in [0.1, 0.15) is 0 Å². The van der Waals surface area contributed by atoms with E-state index in [1.165, 1.54) is 103 Å². The van der Waals surface area contributed by atoms with E-state index < -0.39 is 11.9 Å². The molecule has 0 aromatic rings. The molecule has 0 amide bonds. The molecule has 0 rings (SSSR count). The number of hydrogen-bond donors (Lipinski definition) is 0. The predicted octanol–water partition coefficient (Wildman–Crippen LogP) is 7.98. The molecule has 0 radical (unpaired) electrons. The minimum absolute atomic E-state index is 0. The van der Waals surface area contributed by atoms with Crippen molar-refractivity contribution in [3.8, 4) is 0 Å². The summed E-state index contributed by atoms with van der Waals surface area (Å²) >= 11 is 0. The Kier molecular flexibility index (Phi) is 41.4. The average molecular weight is 619 g/mol. The summed E-state index contributed by atoms with van der Waals surface area (Å²) in [7, 11) is 0. The van der Waals surface area contributed by atoms with Crippen molar-refractivity contribution in [2.75, 3.05) is 0 Å². The molecule has 37 heavy (non-hydrogen) atoms. The summed E-state index contributed by atoms with van der Waals surface area (Å²) in [6.07, 6.45) is 36.0. The van der Waals surface area contributed by atoms with E-state index in [0.717, 1.165) is 38.5 Å². The van der Waals surface area contributed by atoms with Gasteiger partial charge in [0.25, 0.3) is 0 Å². The van der Waals surface area contributed by atoms with E-state index in [2.05, 4.69) is 38.2 Å². The van der Waals surface area contributed by atoms with Crippen LogP contribution in [0, 0.1) is 0 Å². The Bertz CT molecular complexity index is 471. The van der Waals surface area contributed by atoms with Gasteiger partial charge in [0, 0.05) is 11.9 Å². The minimum Gasteiger partial charge on any atom is -0.550 e. The van der Waals surface area contributed by atoms with Gasteiger partial charge < -0.3 is 19.8 Å². The Morgan fingerprint density at radius 2 is 0.676 bits per heavy atom. The van der Waals surface area contributed by atoms with Gasteiger partial charge in [-0.15, -0.1) is 0 Å². The summed E-state index contributed by atoms with van der Waals surface area (Å²) in [6, 6.07) is 0. The number of unbranched alkanes of at least 4 members (excludes halogenated alkanes) is 18. The minimum atomic E-state index is -0.916. The van der Waals surface area contributed by atoms with Crippen molar-refractivity contribution in [3.05, 3.63) is 24.3 Å². The molecule has 0 fully saturated rings. The van der Waals surface area contributed by atoms with Crippen LogP contribution in [0.4, 0.5) is 0 Å². The quantitative estimate of drug-likeness (QED) is 0.0559. The second-order valence-corrected chi connectivity index (χ2v) is 10.00. The third kappa shape index (κ3) is 45.6. The van der Waals surface area contributed by atoms with Gasteiger partial charge in [0.05, 0.1) is 0 Å². The van der Waals surface area contributed by atoms with Crippen molar-refractivity contribution >= 4 is 11.9 Å². The van der Waals surface area contributed by atoms with Crippen LogP contribution in [0.5, 0.6) is 0 Å². The first kappa shape index (κ1) is 40.8. The number of aliphatic carboxylic acids is 2. The van der Waals surface area contributed by atoms with Crippen LogP contribution in [-0.2, 0) is 36.9 Å². The van der Waals surface area contributed by atoms with E-state index >= 15 is 0 Å². The number of carbonyl (C=O) groups excluding carboxylic acids is 2. The molecule has 0 N–H and O–H groups in total. The van der Waals surface area contributed by atoms with Crippen molar-refractivity contribution in [3.63, 3.8) is 0 Å². The molecule has 0 aromatic carbocycles. The van der Waals surface area contributed by atoms with E-state index in [9.17, 15) is 19.8 Å². The fraction of sp³-hybridized carbons (Fsp3) is 0.812. The van der Waals surface area contributed by atoms with Gasteiger partial charge >= 0.3 is 27.3 Å². The Balaban J connectivity index is -0.000000608. The molecule has 0 atom stereocenters. The smallest absolute Gasteiger partial charge is 0.550 e. The van der Waals surface area contributed by atoms with Crippen LogP contribution in [-0.4, -0.2) is 11.9 Å². The van der Waals surface area contributed by atoms with Crippen molar-refractivity contribution < 1.29 is 47.1 Å². The zero-order valence-corrected chi connectivity index (χ0v) is 28.7. The Morgan fingerprint density at radius 3 is 0.946 bits per heavy atom. The van der Waals surface area contributed by atoms with Crippen LogP contribution in [0.25, 0.3) is 0 Å². The maximum Gasteiger partial charge on any atom is 2.00 e. The standard InChI is InChI=1S/2C16H30O2.Cd/c2*1-2-3-4-5-6-7-8-9-10-11-12-13-14-15-16(17)18;/h2*7-8H,2-6,9-15H2,1H3,(H,17,18);/q;;+2/p-2/b2*8-7-;. The first-order valence-corrected chi connectivity index (χ1v) is 15.2. The average Bonchev–Trinajstić information content (AvgIpc) is 2.85. The molecule has 0 aliphatic carbocycles. The third-order valence-electron chi connectivity index (χ3n) is 6.29. The molecule has 0 aliphatic heterocycles. The largest absolute Gasteiger partial charge is 2.00 e. The second-order valence-electron chi connectivity index (χ2n) is 10.00. The van der Waals surface area contributed by atoms with E-state index in [-0.39, 0.29) is 40.1 Å². The van der Waals surface area contributed by atoms with Crippen molar-refractivity contribution in [2.24, 2.45) is 0 Å². The van der Waals surface area contributed by atoms with Crippen LogP contribution in [0.1, 0.15) is 168 Å². The second kappa shape index (κ2) is 37.5. The molecule has 0 bridgehead atoms. The molecule has 4 nitrogen and oxygen atoms in total. The number of rotatable bonds is 26. The number of allylic oxidation sites excluding steroid dienone is 4. The summed E-state index contributed by atoms with van der Waals surface area (Å²) in [5.41, 5.74) is 0. The Morgan fingerprint density at radius 1 is 0.432 bits per heavy atom. The summed E-state index contributed by atoms with van der Waals surface area (Å²) in [5.74, 6) is -1.83. The van der Waals surface area contributed by atoms with Crippen LogP contribution < -0.4 is 10.2 Å². The van der Waals surface area contributed by atoms with Crippen molar-refractivity contribution in [2.45, 2.75) is 168 Å². The zero-order chi connectivity index (χ0) is 27.0. The number of carbonyl (C=O) groups is 2. The molecule has 212 valence electrons. The summed E-state index contributed by atoms with van der Waals surface area (Å²) in [4.78, 5) is 20.4. The van der Waals surface area contributed by atoms with Crippen LogP contribution in [0.2, 0.25) is 0 Å². The molecular formula is C32H58CdO4. The van der Waals surface area contributed by atoms with Gasteiger partial charge in [-0.25, -0.2) is 0 Å². The normalized spacial score (nSPS) is 10.9. The molecule has 0 aromatic heterocycles. The van der Waals surface area contributed by atoms with Gasteiger partial charge in [-0.2, -0.15) is 0 Å². The Labute approximate surface area is 250 Å². The monoisotopic (exact) mass is 620 g/mol. The Hall–Kier alpha value is -0.658. The molecule has 0 heterocycles. The van der Waals surface area contributed by atoms with Crippen LogP contribution in [0.15, 0.2) is 24.3 Å². The first-order valence-electron chi connectivity index (χ1n) is 15.2. The maximum absolute atomic E-state index is 10.2.